The van der Waals surface area contributed by atoms with Crippen LogP contribution in [0.2, 0.25) is 0 Å². The zero-order valence-corrected chi connectivity index (χ0v) is 28.1. The summed E-state index contributed by atoms with van der Waals surface area (Å²) in [4.78, 5) is 9.08. The average molecular weight is 630 g/mol. The van der Waals surface area contributed by atoms with Gasteiger partial charge in [0, 0.05) is 35.0 Å². The second-order valence-corrected chi connectivity index (χ2v) is 14.7. The highest BCUT2D eigenvalue weighted by atomic mass is 15.1. The van der Waals surface area contributed by atoms with Gasteiger partial charge in [0.25, 0.3) is 0 Å². The van der Waals surface area contributed by atoms with Crippen molar-refractivity contribution >= 4 is 38.5 Å². The minimum Gasteiger partial charge on any atom is -0.291 e. The van der Waals surface area contributed by atoms with Crippen LogP contribution >= 0.6 is 0 Å². The molecule has 6 aromatic carbocycles. The fraction of sp³-hybridized carbons (Fsp3) is 0.130. The van der Waals surface area contributed by atoms with Crippen LogP contribution in [0.1, 0.15) is 49.9 Å². The molecule has 49 heavy (non-hydrogen) atoms. The number of fused-ring (bicyclic) bond motifs is 8. The molecule has 8 aromatic rings. The summed E-state index contributed by atoms with van der Waals surface area (Å²) < 4.78 is 1.96. The highest BCUT2D eigenvalue weighted by Crippen LogP contribution is 2.63. The highest BCUT2D eigenvalue weighted by molar-refractivity contribution is 6.14. The number of nitrogens with zero attached hydrogens (tertiary/aromatic N) is 3. The van der Waals surface area contributed by atoms with Crippen molar-refractivity contribution in [1.29, 1.82) is 0 Å². The van der Waals surface area contributed by atoms with Gasteiger partial charge >= 0.3 is 0 Å². The topological polar surface area (TPSA) is 30.2 Å². The van der Waals surface area contributed by atoms with E-state index in [0.29, 0.717) is 5.78 Å². The third-order valence-corrected chi connectivity index (χ3v) is 11.3. The summed E-state index contributed by atoms with van der Waals surface area (Å²) in [5, 5.41) is 5.20. The fourth-order valence-electron chi connectivity index (χ4n) is 8.84. The molecular formula is C46H35N3. The van der Waals surface area contributed by atoms with Crippen molar-refractivity contribution in [2.45, 2.75) is 38.5 Å². The van der Waals surface area contributed by atoms with Crippen LogP contribution in [-0.4, -0.2) is 14.4 Å². The Labute approximate surface area is 286 Å². The van der Waals surface area contributed by atoms with Crippen LogP contribution in [0.15, 0.2) is 140 Å². The molecule has 0 saturated heterocycles. The maximum atomic E-state index is 4.71. The molecular weight excluding hydrogens is 595 g/mol. The maximum absolute atomic E-state index is 4.71. The normalized spacial score (nSPS) is 15.6. The van der Waals surface area contributed by atoms with Crippen molar-refractivity contribution in [2.75, 3.05) is 0 Å². The second kappa shape index (κ2) is 9.87. The van der Waals surface area contributed by atoms with Crippen molar-refractivity contribution in [1.82, 2.24) is 14.4 Å². The molecule has 234 valence electrons. The van der Waals surface area contributed by atoms with Crippen LogP contribution in [0.4, 0.5) is 0 Å². The van der Waals surface area contributed by atoms with E-state index in [4.69, 9.17) is 4.98 Å². The summed E-state index contributed by atoms with van der Waals surface area (Å²) in [5.41, 5.74) is 15.4. The third kappa shape index (κ3) is 3.96. The Morgan fingerprint density at radius 1 is 0.510 bits per heavy atom. The summed E-state index contributed by atoms with van der Waals surface area (Å²) in [5.74, 6) is 0.714. The number of aromatic nitrogens is 3. The molecule has 0 bridgehead atoms. The largest absolute Gasteiger partial charge is 0.291 e. The number of allylic oxidation sites excluding steroid dienone is 2. The van der Waals surface area contributed by atoms with E-state index in [-0.39, 0.29) is 10.8 Å². The quantitative estimate of drug-likeness (QED) is 0.182. The molecule has 0 unspecified atom stereocenters. The van der Waals surface area contributed by atoms with Gasteiger partial charge in [-0.1, -0.05) is 125 Å². The lowest BCUT2D eigenvalue weighted by Crippen LogP contribution is -2.19. The first-order valence-corrected chi connectivity index (χ1v) is 17.2. The summed E-state index contributed by atoms with van der Waals surface area (Å²) >= 11 is 0. The first kappa shape index (κ1) is 28.2. The Balaban J connectivity index is 1.03. The Hall–Kier alpha value is -5.80. The van der Waals surface area contributed by atoms with Gasteiger partial charge in [0.1, 0.15) is 0 Å². The summed E-state index contributed by atoms with van der Waals surface area (Å²) in [6.07, 6.45) is 5.80. The van der Waals surface area contributed by atoms with Gasteiger partial charge in [-0.25, -0.2) is 9.97 Å². The van der Waals surface area contributed by atoms with Gasteiger partial charge in [0.2, 0.25) is 5.78 Å². The first-order valence-electron chi connectivity index (χ1n) is 17.2. The molecule has 2 heterocycles. The lowest BCUT2D eigenvalue weighted by atomic mass is 9.74. The summed E-state index contributed by atoms with van der Waals surface area (Å²) in [6, 6.07) is 45.0. The van der Waals surface area contributed by atoms with Crippen LogP contribution in [-0.2, 0) is 10.8 Å². The van der Waals surface area contributed by atoms with E-state index >= 15 is 0 Å². The zero-order valence-electron chi connectivity index (χ0n) is 28.1. The molecule has 0 amide bonds. The number of imidazole rings is 1. The monoisotopic (exact) mass is 629 g/mol. The molecule has 0 fully saturated rings. The fourth-order valence-corrected chi connectivity index (χ4v) is 8.84. The van der Waals surface area contributed by atoms with Crippen molar-refractivity contribution in [2.24, 2.45) is 0 Å². The van der Waals surface area contributed by atoms with Gasteiger partial charge < -0.3 is 0 Å². The predicted molar refractivity (Wildman–Crippen MR) is 204 cm³/mol. The number of hydrogen-bond acceptors (Lipinski definition) is 2. The van der Waals surface area contributed by atoms with E-state index in [0.717, 1.165) is 11.3 Å². The predicted octanol–water partition coefficient (Wildman–Crippen LogP) is 11.5. The van der Waals surface area contributed by atoms with Crippen molar-refractivity contribution in [3.8, 4) is 33.5 Å². The molecule has 0 radical (unpaired) electrons. The Bertz CT molecular complexity index is 2670. The van der Waals surface area contributed by atoms with Gasteiger partial charge in [-0.15, -0.1) is 0 Å². The molecule has 3 nitrogen and oxygen atoms in total. The average Bonchev–Trinajstić information content (AvgIpc) is 3.75. The van der Waals surface area contributed by atoms with E-state index in [9.17, 15) is 0 Å². The first-order chi connectivity index (χ1) is 23.8. The second-order valence-electron chi connectivity index (χ2n) is 14.7. The van der Waals surface area contributed by atoms with E-state index in [1.54, 1.807) is 6.20 Å². The van der Waals surface area contributed by atoms with Gasteiger partial charge in [-0.3, -0.25) is 4.40 Å². The van der Waals surface area contributed by atoms with Crippen LogP contribution in [0, 0.1) is 0 Å². The lowest BCUT2D eigenvalue weighted by molar-refractivity contribution is 0.694. The van der Waals surface area contributed by atoms with Crippen molar-refractivity contribution in [3.05, 3.63) is 162 Å². The molecule has 3 heteroatoms. The Morgan fingerprint density at radius 3 is 1.82 bits per heavy atom. The van der Waals surface area contributed by atoms with E-state index in [1.165, 1.54) is 77.2 Å². The minimum atomic E-state index is -0.123. The number of rotatable bonds is 3. The van der Waals surface area contributed by atoms with Crippen molar-refractivity contribution < 1.29 is 0 Å². The molecule has 2 aromatic heterocycles. The van der Waals surface area contributed by atoms with E-state index in [1.807, 2.05) is 22.9 Å². The van der Waals surface area contributed by atoms with E-state index < -0.39 is 0 Å². The van der Waals surface area contributed by atoms with Gasteiger partial charge in [0.15, 0.2) is 0 Å². The van der Waals surface area contributed by atoms with Crippen LogP contribution in [0.5, 0.6) is 0 Å². The molecule has 2 aliphatic carbocycles. The minimum absolute atomic E-state index is 0.121. The SMILES string of the molecule is CC1(C)C2=C(c3ccc(-c4ccc(-c5cn6cccnc6n5)cc4)cc31)C(C)(C)c1cc(-c3cc4ccccc4c4ccccc34)ccc12. The lowest BCUT2D eigenvalue weighted by Gasteiger charge is -2.29. The molecule has 2 aliphatic rings. The smallest absolute Gasteiger partial charge is 0.234 e. The summed E-state index contributed by atoms with van der Waals surface area (Å²) in [6.45, 7) is 9.66. The van der Waals surface area contributed by atoms with Gasteiger partial charge in [0.05, 0.1) is 5.69 Å². The Kier molecular flexibility index (Phi) is 5.69. The maximum Gasteiger partial charge on any atom is 0.234 e. The molecule has 0 spiro atoms. The standard InChI is InChI=1S/C46H35N3/c1-45(2)39-25-30(28-14-16-29(17-15-28)41-27-49-23-9-22-47-44(49)48-41)18-20-36(39)42-43(45)37-21-19-32(26-40(37)46(42,3)4)38-24-31-10-5-6-11-33(31)34-12-7-8-13-35(34)38/h5-27H,1-4H3. The Morgan fingerprint density at radius 2 is 1.10 bits per heavy atom. The number of benzene rings is 6. The van der Waals surface area contributed by atoms with Crippen LogP contribution < -0.4 is 0 Å². The molecule has 0 aliphatic heterocycles. The molecule has 0 atom stereocenters. The number of hydrogen-bond donors (Lipinski definition) is 0. The molecule has 0 saturated carbocycles. The highest BCUT2D eigenvalue weighted by Gasteiger charge is 2.49. The van der Waals surface area contributed by atoms with Crippen LogP contribution in [0.25, 0.3) is 72.0 Å². The van der Waals surface area contributed by atoms with Gasteiger partial charge in [-0.2, -0.15) is 0 Å². The summed E-state index contributed by atoms with van der Waals surface area (Å²) in [7, 11) is 0. The van der Waals surface area contributed by atoms with Gasteiger partial charge in [-0.05, 0) is 101 Å². The third-order valence-electron chi connectivity index (χ3n) is 11.3. The van der Waals surface area contributed by atoms with Crippen molar-refractivity contribution in [3.63, 3.8) is 0 Å². The van der Waals surface area contributed by atoms with Crippen LogP contribution in [0.3, 0.4) is 0 Å². The van der Waals surface area contributed by atoms with E-state index in [2.05, 4.69) is 148 Å². The molecule has 10 rings (SSSR count). The zero-order chi connectivity index (χ0) is 33.1. The molecule has 0 N–H and O–H groups in total.